The Morgan fingerprint density at radius 2 is 2.00 bits per heavy atom. The number of aryl methyl sites for hydroxylation is 1. The molecule has 0 atom stereocenters. The summed E-state index contributed by atoms with van der Waals surface area (Å²) in [4.78, 5) is 11.1. The van der Waals surface area contributed by atoms with Gasteiger partial charge in [0.15, 0.2) is 0 Å². The van der Waals surface area contributed by atoms with Gasteiger partial charge in [-0.05, 0) is 30.7 Å². The number of alkyl halides is 3. The summed E-state index contributed by atoms with van der Waals surface area (Å²) in [5, 5.41) is 4.54. The van der Waals surface area contributed by atoms with Gasteiger partial charge in [0.1, 0.15) is 6.54 Å². The summed E-state index contributed by atoms with van der Waals surface area (Å²) in [5.74, 6) is -0.704. The third-order valence-corrected chi connectivity index (χ3v) is 2.44. The van der Waals surface area contributed by atoms with Crippen LogP contribution >= 0.6 is 15.9 Å². The molecule has 0 spiro atoms. The zero-order valence-corrected chi connectivity index (χ0v) is 11.2. The van der Waals surface area contributed by atoms with Gasteiger partial charge in [0.05, 0.1) is 6.54 Å². The van der Waals surface area contributed by atoms with Crippen LogP contribution in [0, 0.1) is 6.92 Å². The first-order chi connectivity index (χ1) is 8.26. The molecule has 0 aliphatic heterocycles. The van der Waals surface area contributed by atoms with Gasteiger partial charge in [-0.3, -0.25) is 4.79 Å². The first-order valence-corrected chi connectivity index (χ1v) is 5.90. The Morgan fingerprint density at radius 1 is 1.33 bits per heavy atom. The highest BCUT2D eigenvalue weighted by Gasteiger charge is 2.27. The van der Waals surface area contributed by atoms with Gasteiger partial charge in [0, 0.05) is 10.2 Å². The normalized spacial score (nSPS) is 11.2. The summed E-state index contributed by atoms with van der Waals surface area (Å²) >= 11 is 3.29. The molecule has 1 rings (SSSR count). The van der Waals surface area contributed by atoms with E-state index in [0.29, 0.717) is 5.69 Å². The van der Waals surface area contributed by atoms with Crippen LogP contribution in [0.5, 0.6) is 0 Å². The second kappa shape index (κ2) is 6.08. The molecule has 100 valence electrons. The van der Waals surface area contributed by atoms with Crippen LogP contribution in [0.15, 0.2) is 22.7 Å². The number of rotatable bonds is 4. The molecular weight excluding hydrogens is 313 g/mol. The molecule has 0 aliphatic rings. The topological polar surface area (TPSA) is 41.1 Å². The average molecular weight is 325 g/mol. The predicted octanol–water partition coefficient (Wildman–Crippen LogP) is 2.85. The third kappa shape index (κ3) is 5.90. The third-order valence-electron chi connectivity index (χ3n) is 1.98. The predicted molar refractivity (Wildman–Crippen MR) is 66.4 cm³/mol. The van der Waals surface area contributed by atoms with Crippen LogP contribution in [0.4, 0.5) is 18.9 Å². The Morgan fingerprint density at radius 3 is 2.56 bits per heavy atom. The van der Waals surface area contributed by atoms with Crippen molar-refractivity contribution in [1.29, 1.82) is 0 Å². The average Bonchev–Trinajstić information content (AvgIpc) is 2.21. The van der Waals surface area contributed by atoms with Crippen molar-refractivity contribution in [3.63, 3.8) is 0 Å². The molecule has 0 radical (unpaired) electrons. The van der Waals surface area contributed by atoms with Crippen LogP contribution < -0.4 is 10.6 Å². The smallest absolute Gasteiger partial charge is 0.376 e. The highest BCUT2D eigenvalue weighted by atomic mass is 79.9. The number of hydrogen-bond donors (Lipinski definition) is 2. The molecule has 3 nitrogen and oxygen atoms in total. The van der Waals surface area contributed by atoms with Crippen molar-refractivity contribution in [3.8, 4) is 0 Å². The monoisotopic (exact) mass is 324 g/mol. The van der Waals surface area contributed by atoms with Gasteiger partial charge in [-0.2, -0.15) is 13.2 Å². The maximum Gasteiger partial charge on any atom is 0.405 e. The summed E-state index contributed by atoms with van der Waals surface area (Å²) in [6.07, 6.45) is -4.39. The second-order valence-electron chi connectivity index (χ2n) is 3.76. The van der Waals surface area contributed by atoms with Gasteiger partial charge in [0.25, 0.3) is 0 Å². The van der Waals surface area contributed by atoms with E-state index in [1.54, 1.807) is 17.4 Å². The molecule has 0 heterocycles. The van der Waals surface area contributed by atoms with Crippen LogP contribution in [0.3, 0.4) is 0 Å². The number of anilines is 1. The van der Waals surface area contributed by atoms with Crippen molar-refractivity contribution >= 4 is 27.5 Å². The van der Waals surface area contributed by atoms with Gasteiger partial charge >= 0.3 is 6.18 Å². The molecule has 0 aliphatic carbocycles. The van der Waals surface area contributed by atoms with Gasteiger partial charge in [-0.1, -0.05) is 15.9 Å². The Kier molecular flexibility index (Phi) is 5.01. The number of halogens is 4. The summed E-state index contributed by atoms with van der Waals surface area (Å²) in [7, 11) is 0. The fourth-order valence-electron chi connectivity index (χ4n) is 1.28. The first kappa shape index (κ1) is 14.8. The molecule has 0 saturated heterocycles. The van der Waals surface area contributed by atoms with Crippen molar-refractivity contribution in [3.05, 3.63) is 28.2 Å². The number of carbonyl (C=O) groups is 1. The molecule has 18 heavy (non-hydrogen) atoms. The molecule has 1 amide bonds. The lowest BCUT2D eigenvalue weighted by atomic mass is 10.2. The Hall–Kier alpha value is -1.24. The van der Waals surface area contributed by atoms with E-state index in [1.807, 2.05) is 13.0 Å². The summed E-state index contributed by atoms with van der Waals surface area (Å²) in [6.45, 7) is 0.358. The van der Waals surface area contributed by atoms with E-state index >= 15 is 0 Å². The molecule has 0 saturated carbocycles. The Bertz CT molecular complexity index is 415. The highest BCUT2D eigenvalue weighted by Crippen LogP contribution is 2.18. The highest BCUT2D eigenvalue weighted by molar-refractivity contribution is 9.10. The van der Waals surface area contributed by atoms with Crippen LogP contribution in [-0.2, 0) is 4.79 Å². The van der Waals surface area contributed by atoms with E-state index in [-0.39, 0.29) is 6.54 Å². The van der Waals surface area contributed by atoms with E-state index in [0.717, 1.165) is 10.0 Å². The van der Waals surface area contributed by atoms with Crippen molar-refractivity contribution in [2.75, 3.05) is 18.4 Å². The molecule has 0 aromatic heterocycles. The van der Waals surface area contributed by atoms with Crippen LogP contribution in [-0.4, -0.2) is 25.2 Å². The molecule has 1 aromatic rings. The molecule has 2 N–H and O–H groups in total. The van der Waals surface area contributed by atoms with Crippen molar-refractivity contribution in [2.24, 2.45) is 0 Å². The minimum atomic E-state index is -4.39. The van der Waals surface area contributed by atoms with E-state index < -0.39 is 18.6 Å². The van der Waals surface area contributed by atoms with Crippen molar-refractivity contribution < 1.29 is 18.0 Å². The van der Waals surface area contributed by atoms with Gasteiger partial charge in [-0.15, -0.1) is 0 Å². The SMILES string of the molecule is Cc1cc(Br)cc(NCC(=O)NCC(F)(F)F)c1. The van der Waals surface area contributed by atoms with E-state index in [1.165, 1.54) is 0 Å². The van der Waals surface area contributed by atoms with Crippen molar-refractivity contribution in [2.45, 2.75) is 13.1 Å². The van der Waals surface area contributed by atoms with Gasteiger partial charge in [0.2, 0.25) is 5.91 Å². The number of hydrogen-bond acceptors (Lipinski definition) is 2. The maximum atomic E-state index is 11.8. The number of carbonyl (C=O) groups excluding carboxylic acids is 1. The molecule has 7 heteroatoms. The summed E-state index contributed by atoms with van der Waals surface area (Å²) in [5.41, 5.74) is 1.65. The first-order valence-electron chi connectivity index (χ1n) is 5.11. The number of benzene rings is 1. The van der Waals surface area contributed by atoms with E-state index in [4.69, 9.17) is 0 Å². The maximum absolute atomic E-state index is 11.8. The van der Waals surface area contributed by atoms with Crippen LogP contribution in [0.25, 0.3) is 0 Å². The quantitative estimate of drug-likeness (QED) is 0.894. The summed E-state index contributed by atoms with van der Waals surface area (Å²) in [6, 6.07) is 5.42. The molecule has 0 fully saturated rings. The molecule has 0 unspecified atom stereocenters. The van der Waals surface area contributed by atoms with Gasteiger partial charge < -0.3 is 10.6 Å². The minimum Gasteiger partial charge on any atom is -0.376 e. The second-order valence-corrected chi connectivity index (χ2v) is 4.68. The molecular formula is C11H12BrF3N2O. The number of nitrogens with one attached hydrogen (secondary N) is 2. The van der Waals surface area contributed by atoms with E-state index in [2.05, 4.69) is 21.2 Å². The molecule has 0 bridgehead atoms. The lowest BCUT2D eigenvalue weighted by Gasteiger charge is -2.10. The number of amides is 1. The molecule has 1 aromatic carbocycles. The lowest BCUT2D eigenvalue weighted by molar-refractivity contribution is -0.137. The minimum absolute atomic E-state index is 0.202. The zero-order valence-electron chi connectivity index (χ0n) is 9.57. The summed E-state index contributed by atoms with van der Waals surface area (Å²) < 4.78 is 36.4. The fourth-order valence-corrected chi connectivity index (χ4v) is 1.89. The van der Waals surface area contributed by atoms with Crippen molar-refractivity contribution in [1.82, 2.24) is 5.32 Å². The Labute approximate surface area is 111 Å². The largest absolute Gasteiger partial charge is 0.405 e. The Balaban J connectivity index is 2.43. The standard InChI is InChI=1S/C11H12BrF3N2O/c1-7-2-8(12)4-9(3-7)16-5-10(18)17-6-11(13,14)15/h2-4,16H,5-6H2,1H3,(H,17,18). The lowest BCUT2D eigenvalue weighted by Crippen LogP contribution is -2.37. The van der Waals surface area contributed by atoms with Crippen LogP contribution in [0.1, 0.15) is 5.56 Å². The fraction of sp³-hybridized carbons (Fsp3) is 0.364. The van der Waals surface area contributed by atoms with E-state index in [9.17, 15) is 18.0 Å². The van der Waals surface area contributed by atoms with Gasteiger partial charge in [-0.25, -0.2) is 0 Å². The van der Waals surface area contributed by atoms with Crippen LogP contribution in [0.2, 0.25) is 0 Å². The zero-order chi connectivity index (χ0) is 13.8.